The molecule has 2 heterocycles. The summed E-state index contributed by atoms with van der Waals surface area (Å²) in [5.41, 5.74) is 3.22. The lowest BCUT2D eigenvalue weighted by atomic mass is 10.1. The van der Waals surface area contributed by atoms with E-state index in [0.717, 1.165) is 23.3 Å². The van der Waals surface area contributed by atoms with Crippen LogP contribution in [0.5, 0.6) is 5.75 Å². The number of amides is 1. The van der Waals surface area contributed by atoms with Gasteiger partial charge in [0.2, 0.25) is 17.6 Å². The summed E-state index contributed by atoms with van der Waals surface area (Å²) in [7, 11) is 0. The molecule has 0 saturated carbocycles. The van der Waals surface area contributed by atoms with E-state index in [1.807, 2.05) is 41.3 Å². The molecule has 4 rings (SSSR count). The van der Waals surface area contributed by atoms with Gasteiger partial charge >= 0.3 is 0 Å². The Bertz CT molecular complexity index is 981. The lowest BCUT2D eigenvalue weighted by Gasteiger charge is -2.17. The predicted octanol–water partition coefficient (Wildman–Crippen LogP) is 4.35. The average molecular weight is 391 g/mol. The molecule has 0 radical (unpaired) electrons. The first kappa shape index (κ1) is 19.2. The third-order valence-electron chi connectivity index (χ3n) is 5.21. The molecule has 6 nitrogen and oxygen atoms in total. The number of nitrogens with zero attached hydrogens (tertiary/aromatic N) is 3. The SMILES string of the molecule is CCCOc1ccc(-c2noc(C3CC(=O)N(Cc4ccccc4C)C3)n2)cc1. The first-order chi connectivity index (χ1) is 14.1. The highest BCUT2D eigenvalue weighted by Crippen LogP contribution is 2.30. The van der Waals surface area contributed by atoms with E-state index in [9.17, 15) is 4.79 Å². The molecule has 1 atom stereocenters. The smallest absolute Gasteiger partial charge is 0.232 e. The average Bonchev–Trinajstić information content (AvgIpc) is 3.36. The molecule has 0 N–H and O–H groups in total. The van der Waals surface area contributed by atoms with Crippen molar-refractivity contribution in [2.75, 3.05) is 13.2 Å². The summed E-state index contributed by atoms with van der Waals surface area (Å²) in [6.07, 6.45) is 1.37. The number of aryl methyl sites for hydroxylation is 1. The fraction of sp³-hybridized carbons (Fsp3) is 0.348. The highest BCUT2D eigenvalue weighted by molar-refractivity contribution is 5.79. The number of carbonyl (C=O) groups excluding carboxylic acids is 1. The van der Waals surface area contributed by atoms with Crippen molar-refractivity contribution in [1.82, 2.24) is 15.0 Å². The molecule has 6 heteroatoms. The van der Waals surface area contributed by atoms with E-state index in [0.29, 0.717) is 37.8 Å². The maximum atomic E-state index is 12.5. The lowest BCUT2D eigenvalue weighted by Crippen LogP contribution is -2.24. The molecule has 0 bridgehead atoms. The number of hydrogen-bond acceptors (Lipinski definition) is 5. The van der Waals surface area contributed by atoms with Crippen molar-refractivity contribution in [1.29, 1.82) is 0 Å². The van der Waals surface area contributed by atoms with Crippen molar-refractivity contribution in [2.24, 2.45) is 0 Å². The Hall–Kier alpha value is -3.15. The summed E-state index contributed by atoms with van der Waals surface area (Å²) in [4.78, 5) is 18.9. The zero-order chi connectivity index (χ0) is 20.2. The van der Waals surface area contributed by atoms with Gasteiger partial charge in [0.1, 0.15) is 5.75 Å². The Kier molecular flexibility index (Phi) is 5.60. The number of likely N-dealkylation sites (tertiary alicyclic amines) is 1. The molecule has 29 heavy (non-hydrogen) atoms. The quantitative estimate of drug-likeness (QED) is 0.599. The molecule has 0 aliphatic carbocycles. The van der Waals surface area contributed by atoms with Crippen molar-refractivity contribution in [3.8, 4) is 17.1 Å². The number of carbonyl (C=O) groups is 1. The highest BCUT2D eigenvalue weighted by atomic mass is 16.5. The molecule has 1 aliphatic heterocycles. The minimum atomic E-state index is -0.0695. The molecular weight excluding hydrogens is 366 g/mol. The number of hydrogen-bond donors (Lipinski definition) is 0. The Labute approximate surface area is 170 Å². The summed E-state index contributed by atoms with van der Waals surface area (Å²) >= 11 is 0. The van der Waals surface area contributed by atoms with Gasteiger partial charge in [-0.15, -0.1) is 0 Å². The Morgan fingerprint density at radius 1 is 1.17 bits per heavy atom. The summed E-state index contributed by atoms with van der Waals surface area (Å²) in [6, 6.07) is 15.8. The van der Waals surface area contributed by atoms with Gasteiger partial charge in [-0.25, -0.2) is 0 Å². The fourth-order valence-corrected chi connectivity index (χ4v) is 3.52. The zero-order valence-electron chi connectivity index (χ0n) is 16.8. The molecular formula is C23H25N3O3. The topological polar surface area (TPSA) is 68.5 Å². The van der Waals surface area contributed by atoms with Gasteiger partial charge in [0.15, 0.2) is 0 Å². The largest absolute Gasteiger partial charge is 0.494 e. The van der Waals surface area contributed by atoms with Gasteiger partial charge < -0.3 is 14.2 Å². The van der Waals surface area contributed by atoms with Gasteiger partial charge in [-0.2, -0.15) is 4.98 Å². The van der Waals surface area contributed by atoms with Crippen LogP contribution in [-0.2, 0) is 11.3 Å². The van der Waals surface area contributed by atoms with Gasteiger partial charge in [-0.3, -0.25) is 4.79 Å². The van der Waals surface area contributed by atoms with Crippen LogP contribution < -0.4 is 4.74 Å². The summed E-state index contributed by atoms with van der Waals surface area (Å²) in [6.45, 7) is 6.04. The molecule has 1 amide bonds. The van der Waals surface area contributed by atoms with Crippen LogP contribution in [0.15, 0.2) is 53.1 Å². The Morgan fingerprint density at radius 3 is 2.72 bits per heavy atom. The summed E-state index contributed by atoms with van der Waals surface area (Å²) in [5, 5.41) is 4.11. The maximum Gasteiger partial charge on any atom is 0.232 e. The van der Waals surface area contributed by atoms with Crippen LogP contribution in [0.4, 0.5) is 0 Å². The van der Waals surface area contributed by atoms with Crippen LogP contribution >= 0.6 is 0 Å². The third kappa shape index (κ3) is 4.31. The van der Waals surface area contributed by atoms with Gasteiger partial charge in [-0.05, 0) is 48.7 Å². The van der Waals surface area contributed by atoms with Crippen LogP contribution in [0.3, 0.4) is 0 Å². The number of benzene rings is 2. The van der Waals surface area contributed by atoms with Crippen molar-refractivity contribution in [3.05, 3.63) is 65.5 Å². The number of aromatic nitrogens is 2. The minimum absolute atomic E-state index is 0.0695. The van der Waals surface area contributed by atoms with Gasteiger partial charge in [0, 0.05) is 25.1 Å². The van der Waals surface area contributed by atoms with E-state index in [4.69, 9.17) is 9.26 Å². The maximum absolute atomic E-state index is 12.5. The second-order valence-corrected chi connectivity index (χ2v) is 7.43. The predicted molar refractivity (Wildman–Crippen MR) is 109 cm³/mol. The highest BCUT2D eigenvalue weighted by Gasteiger charge is 2.34. The minimum Gasteiger partial charge on any atom is -0.494 e. The van der Waals surface area contributed by atoms with E-state index in [-0.39, 0.29) is 11.8 Å². The summed E-state index contributed by atoms with van der Waals surface area (Å²) < 4.78 is 11.1. The summed E-state index contributed by atoms with van der Waals surface area (Å²) in [5.74, 6) is 1.93. The lowest BCUT2D eigenvalue weighted by molar-refractivity contribution is -0.128. The van der Waals surface area contributed by atoms with Crippen LogP contribution in [0.2, 0.25) is 0 Å². The molecule has 1 aliphatic rings. The molecule has 1 fully saturated rings. The second kappa shape index (κ2) is 8.47. The van der Waals surface area contributed by atoms with Crippen molar-refractivity contribution in [2.45, 2.75) is 39.2 Å². The molecule has 1 unspecified atom stereocenters. The molecule has 0 spiro atoms. The molecule has 3 aromatic rings. The Morgan fingerprint density at radius 2 is 1.97 bits per heavy atom. The van der Waals surface area contributed by atoms with E-state index in [2.05, 4.69) is 36.1 Å². The normalized spacial score (nSPS) is 16.4. The zero-order valence-corrected chi connectivity index (χ0v) is 16.8. The van der Waals surface area contributed by atoms with E-state index >= 15 is 0 Å². The van der Waals surface area contributed by atoms with Gasteiger partial charge in [0.25, 0.3) is 0 Å². The van der Waals surface area contributed by atoms with Gasteiger partial charge in [-0.1, -0.05) is 36.3 Å². The molecule has 150 valence electrons. The standard InChI is InChI=1S/C23H25N3O3/c1-3-12-28-20-10-8-17(9-11-20)22-24-23(29-25-22)19-13-21(27)26(15-19)14-18-7-5-4-6-16(18)2/h4-11,19H,3,12-15H2,1-2H3. The first-order valence-electron chi connectivity index (χ1n) is 10.0. The van der Waals surface area contributed by atoms with Crippen LogP contribution in [0.25, 0.3) is 11.4 Å². The van der Waals surface area contributed by atoms with Gasteiger partial charge in [0.05, 0.1) is 12.5 Å². The Balaban J connectivity index is 1.43. The van der Waals surface area contributed by atoms with Crippen molar-refractivity contribution < 1.29 is 14.1 Å². The fourth-order valence-electron chi connectivity index (χ4n) is 3.52. The van der Waals surface area contributed by atoms with E-state index < -0.39 is 0 Å². The van der Waals surface area contributed by atoms with Crippen molar-refractivity contribution >= 4 is 5.91 Å². The van der Waals surface area contributed by atoms with Crippen LogP contribution in [0, 0.1) is 6.92 Å². The van der Waals surface area contributed by atoms with Crippen LogP contribution in [0.1, 0.15) is 42.7 Å². The monoisotopic (exact) mass is 391 g/mol. The first-order valence-corrected chi connectivity index (χ1v) is 10.0. The second-order valence-electron chi connectivity index (χ2n) is 7.43. The number of ether oxygens (including phenoxy) is 1. The third-order valence-corrected chi connectivity index (χ3v) is 5.21. The molecule has 1 saturated heterocycles. The van der Waals surface area contributed by atoms with E-state index in [1.54, 1.807) is 0 Å². The molecule has 2 aromatic carbocycles. The van der Waals surface area contributed by atoms with E-state index in [1.165, 1.54) is 5.56 Å². The number of rotatable bonds is 7. The van der Waals surface area contributed by atoms with Crippen LogP contribution in [-0.4, -0.2) is 34.1 Å². The van der Waals surface area contributed by atoms with Crippen molar-refractivity contribution in [3.63, 3.8) is 0 Å². The molecule has 1 aromatic heterocycles.